The SMILES string of the molecule is C=C(N)c1ccc(-n2ccc(C)n2)nc1N1C[C@@H](CCCNc2cccc(SCC)n2)CC1(C)C. The number of thioether (sulfide) groups is 1. The summed E-state index contributed by atoms with van der Waals surface area (Å²) in [7, 11) is 0. The largest absolute Gasteiger partial charge is 0.399 e. The molecular formula is C27H37N7S. The maximum absolute atomic E-state index is 6.18. The third kappa shape index (κ3) is 5.99. The number of nitrogens with zero attached hydrogens (tertiary/aromatic N) is 5. The quantitative estimate of drug-likeness (QED) is 0.286. The van der Waals surface area contributed by atoms with Gasteiger partial charge in [0.2, 0.25) is 0 Å². The Kier molecular flexibility index (Phi) is 7.69. The van der Waals surface area contributed by atoms with Gasteiger partial charge in [-0.2, -0.15) is 5.10 Å². The van der Waals surface area contributed by atoms with Gasteiger partial charge in [0.25, 0.3) is 0 Å². The fourth-order valence-corrected chi connectivity index (χ4v) is 5.50. The fourth-order valence-electron chi connectivity index (χ4n) is 4.87. The molecule has 3 aromatic heterocycles. The number of hydrogen-bond acceptors (Lipinski definition) is 7. The van der Waals surface area contributed by atoms with Crippen molar-refractivity contribution in [1.82, 2.24) is 19.7 Å². The van der Waals surface area contributed by atoms with Crippen molar-refractivity contribution in [3.05, 3.63) is 60.4 Å². The average Bonchev–Trinajstić information content (AvgIpc) is 3.39. The molecule has 1 saturated heterocycles. The van der Waals surface area contributed by atoms with Crippen LogP contribution < -0.4 is 16.0 Å². The monoisotopic (exact) mass is 491 g/mol. The van der Waals surface area contributed by atoms with Crippen LogP contribution in [-0.4, -0.2) is 44.1 Å². The van der Waals surface area contributed by atoms with E-state index in [1.165, 1.54) is 0 Å². The van der Waals surface area contributed by atoms with Crippen LogP contribution >= 0.6 is 11.8 Å². The Morgan fingerprint density at radius 3 is 2.77 bits per heavy atom. The van der Waals surface area contributed by atoms with Gasteiger partial charge in [-0.1, -0.05) is 19.6 Å². The summed E-state index contributed by atoms with van der Waals surface area (Å²) < 4.78 is 1.82. The van der Waals surface area contributed by atoms with Gasteiger partial charge in [-0.3, -0.25) is 0 Å². The van der Waals surface area contributed by atoms with Crippen molar-refractivity contribution in [2.24, 2.45) is 11.7 Å². The Morgan fingerprint density at radius 2 is 2.06 bits per heavy atom. The zero-order valence-electron chi connectivity index (χ0n) is 21.3. The summed E-state index contributed by atoms with van der Waals surface area (Å²) in [6, 6.07) is 12.1. The summed E-state index contributed by atoms with van der Waals surface area (Å²) in [5, 5.41) is 9.10. The van der Waals surface area contributed by atoms with Crippen LogP contribution in [0.1, 0.15) is 51.3 Å². The standard InChI is InChI=1S/C27H37N7S/c1-6-35-25-11-7-10-23(30-25)29-15-8-9-21-17-27(4,5)33(18-21)26-22(20(3)28)12-13-24(31-26)34-16-14-19(2)32-34/h7,10-14,16,21H,3,6,8-9,15,17-18,28H2,1-2,4-5H3,(H,29,30)/t21-/m0/s1. The fraction of sp³-hybridized carbons (Fsp3) is 0.444. The minimum Gasteiger partial charge on any atom is -0.399 e. The van der Waals surface area contributed by atoms with Gasteiger partial charge in [0.1, 0.15) is 11.6 Å². The lowest BCUT2D eigenvalue weighted by atomic mass is 9.93. The lowest BCUT2D eigenvalue weighted by molar-refractivity contribution is 0.448. The number of nitrogens with two attached hydrogens (primary N) is 1. The Hall–Kier alpha value is -3.00. The maximum Gasteiger partial charge on any atom is 0.155 e. The summed E-state index contributed by atoms with van der Waals surface area (Å²) in [5.74, 6) is 4.25. The molecule has 8 heteroatoms. The molecule has 0 aromatic carbocycles. The molecule has 4 heterocycles. The van der Waals surface area contributed by atoms with Crippen LogP contribution in [0.2, 0.25) is 0 Å². The maximum atomic E-state index is 6.18. The predicted molar refractivity (Wildman–Crippen MR) is 147 cm³/mol. The molecule has 1 aliphatic rings. The molecule has 0 saturated carbocycles. The molecule has 0 bridgehead atoms. The molecule has 3 N–H and O–H groups in total. The molecule has 0 radical (unpaired) electrons. The number of aromatic nitrogens is 4. The van der Waals surface area contributed by atoms with E-state index in [-0.39, 0.29) is 5.54 Å². The minimum atomic E-state index is -0.0266. The second-order valence-electron chi connectivity index (χ2n) is 9.82. The molecule has 1 atom stereocenters. The Morgan fingerprint density at radius 1 is 1.23 bits per heavy atom. The van der Waals surface area contributed by atoms with Gasteiger partial charge >= 0.3 is 0 Å². The van der Waals surface area contributed by atoms with Crippen LogP contribution in [0.4, 0.5) is 11.6 Å². The van der Waals surface area contributed by atoms with Crippen molar-refractivity contribution in [3.8, 4) is 5.82 Å². The Labute approximate surface area is 213 Å². The van der Waals surface area contributed by atoms with E-state index in [1.54, 1.807) is 11.8 Å². The molecular weight excluding hydrogens is 454 g/mol. The van der Waals surface area contributed by atoms with Crippen molar-refractivity contribution in [2.45, 2.75) is 57.5 Å². The molecule has 0 aliphatic carbocycles. The molecule has 3 aromatic rings. The smallest absolute Gasteiger partial charge is 0.155 e. The number of rotatable bonds is 10. The first kappa shape index (κ1) is 25.1. The summed E-state index contributed by atoms with van der Waals surface area (Å²) >= 11 is 1.77. The molecule has 1 aliphatic heterocycles. The van der Waals surface area contributed by atoms with Crippen molar-refractivity contribution in [3.63, 3.8) is 0 Å². The van der Waals surface area contributed by atoms with Gasteiger partial charge in [0.15, 0.2) is 5.82 Å². The molecule has 0 unspecified atom stereocenters. The van der Waals surface area contributed by atoms with E-state index in [1.807, 2.05) is 42.1 Å². The van der Waals surface area contributed by atoms with Crippen LogP contribution in [-0.2, 0) is 0 Å². The van der Waals surface area contributed by atoms with E-state index < -0.39 is 0 Å². The molecule has 0 spiro atoms. The lowest BCUT2D eigenvalue weighted by Gasteiger charge is -2.34. The number of hydrogen-bond donors (Lipinski definition) is 2. The van der Waals surface area contributed by atoms with Crippen LogP contribution in [0, 0.1) is 12.8 Å². The summed E-state index contributed by atoms with van der Waals surface area (Å²) in [4.78, 5) is 12.1. The highest BCUT2D eigenvalue weighted by Crippen LogP contribution is 2.40. The van der Waals surface area contributed by atoms with Crippen LogP contribution in [0.25, 0.3) is 11.5 Å². The van der Waals surface area contributed by atoms with Crippen molar-refractivity contribution < 1.29 is 0 Å². The van der Waals surface area contributed by atoms with E-state index in [0.717, 1.165) is 71.8 Å². The van der Waals surface area contributed by atoms with E-state index in [4.69, 9.17) is 10.7 Å². The first-order valence-electron chi connectivity index (χ1n) is 12.4. The minimum absolute atomic E-state index is 0.0266. The van der Waals surface area contributed by atoms with Crippen LogP contribution in [0.3, 0.4) is 0 Å². The topological polar surface area (TPSA) is 84.9 Å². The van der Waals surface area contributed by atoms with Gasteiger partial charge in [-0.05, 0) is 82.0 Å². The second kappa shape index (κ2) is 10.7. The lowest BCUT2D eigenvalue weighted by Crippen LogP contribution is -2.39. The Balaban J connectivity index is 1.43. The zero-order chi connectivity index (χ0) is 25.0. The van der Waals surface area contributed by atoms with Crippen molar-refractivity contribution in [2.75, 3.05) is 29.1 Å². The van der Waals surface area contributed by atoms with E-state index in [2.05, 4.69) is 59.8 Å². The van der Waals surface area contributed by atoms with Gasteiger partial charge in [0.05, 0.1) is 10.7 Å². The number of aryl methyl sites for hydroxylation is 1. The highest BCUT2D eigenvalue weighted by atomic mass is 32.2. The van der Waals surface area contributed by atoms with Crippen LogP contribution in [0.5, 0.6) is 0 Å². The van der Waals surface area contributed by atoms with Crippen LogP contribution in [0.15, 0.2) is 54.2 Å². The number of nitrogens with one attached hydrogen (secondary N) is 1. The third-order valence-electron chi connectivity index (χ3n) is 6.49. The third-order valence-corrected chi connectivity index (χ3v) is 7.30. The molecule has 1 fully saturated rings. The average molecular weight is 492 g/mol. The summed E-state index contributed by atoms with van der Waals surface area (Å²) in [5.41, 5.74) is 8.55. The zero-order valence-corrected chi connectivity index (χ0v) is 22.1. The molecule has 0 amide bonds. The summed E-state index contributed by atoms with van der Waals surface area (Å²) in [6.45, 7) is 14.6. The molecule has 186 valence electrons. The molecule has 7 nitrogen and oxygen atoms in total. The first-order chi connectivity index (χ1) is 16.8. The van der Waals surface area contributed by atoms with E-state index >= 15 is 0 Å². The van der Waals surface area contributed by atoms with E-state index in [0.29, 0.717) is 11.6 Å². The van der Waals surface area contributed by atoms with Gasteiger partial charge < -0.3 is 16.0 Å². The molecule has 35 heavy (non-hydrogen) atoms. The number of anilines is 2. The molecule has 4 rings (SSSR count). The second-order valence-corrected chi connectivity index (χ2v) is 11.1. The van der Waals surface area contributed by atoms with Gasteiger partial charge in [-0.25, -0.2) is 14.6 Å². The highest BCUT2D eigenvalue weighted by Gasteiger charge is 2.39. The van der Waals surface area contributed by atoms with Crippen molar-refractivity contribution >= 4 is 29.1 Å². The first-order valence-corrected chi connectivity index (χ1v) is 13.3. The summed E-state index contributed by atoms with van der Waals surface area (Å²) in [6.07, 6.45) is 5.29. The number of pyridine rings is 2. The van der Waals surface area contributed by atoms with Gasteiger partial charge in [-0.15, -0.1) is 11.8 Å². The highest BCUT2D eigenvalue weighted by molar-refractivity contribution is 7.99. The predicted octanol–water partition coefficient (Wildman–Crippen LogP) is 5.51. The van der Waals surface area contributed by atoms with E-state index in [9.17, 15) is 0 Å². The van der Waals surface area contributed by atoms with Gasteiger partial charge in [0, 0.05) is 36.1 Å². The van der Waals surface area contributed by atoms with Crippen molar-refractivity contribution in [1.29, 1.82) is 0 Å². The Bertz CT molecular complexity index is 1170. The normalized spacial score (nSPS) is 17.0.